The molecule has 0 aliphatic carbocycles. The highest BCUT2D eigenvalue weighted by molar-refractivity contribution is 5.94. The zero-order chi connectivity index (χ0) is 13.4. The first-order chi connectivity index (χ1) is 9.13. The Morgan fingerprint density at radius 2 is 1.63 bits per heavy atom. The van der Waals surface area contributed by atoms with Gasteiger partial charge in [0.05, 0.1) is 11.2 Å². The van der Waals surface area contributed by atoms with Crippen LogP contribution in [0.1, 0.15) is 0 Å². The van der Waals surface area contributed by atoms with Gasteiger partial charge >= 0.3 is 0 Å². The maximum atomic E-state index is 12.9. The van der Waals surface area contributed by atoms with Crippen LogP contribution in [0, 0.1) is 5.82 Å². The third-order valence-corrected chi connectivity index (χ3v) is 3.00. The van der Waals surface area contributed by atoms with Crippen LogP contribution in [-0.4, -0.2) is 4.98 Å². The Labute approximate surface area is 109 Å². The van der Waals surface area contributed by atoms with Crippen LogP contribution in [-0.2, 0) is 0 Å². The molecular weight excluding hydrogens is 241 g/mol. The van der Waals surface area contributed by atoms with Gasteiger partial charge in [-0.3, -0.25) is 0 Å². The van der Waals surface area contributed by atoms with Crippen LogP contribution in [0.2, 0.25) is 0 Å². The molecule has 0 atom stereocenters. The smallest absolute Gasteiger partial charge is 0.123 e. The van der Waals surface area contributed by atoms with Crippen LogP contribution in [0.15, 0.2) is 48.5 Å². The molecule has 2 aromatic carbocycles. The van der Waals surface area contributed by atoms with Gasteiger partial charge in [-0.25, -0.2) is 9.37 Å². The van der Waals surface area contributed by atoms with Crippen molar-refractivity contribution in [1.82, 2.24) is 4.98 Å². The van der Waals surface area contributed by atoms with E-state index in [0.29, 0.717) is 11.4 Å². The Balaban J connectivity index is 2.20. The second-order valence-electron chi connectivity index (χ2n) is 4.38. The van der Waals surface area contributed by atoms with Gasteiger partial charge in [-0.1, -0.05) is 0 Å². The number of rotatable bonds is 1. The van der Waals surface area contributed by atoms with Crippen molar-refractivity contribution in [2.24, 2.45) is 0 Å². The first kappa shape index (κ1) is 11.5. The summed E-state index contributed by atoms with van der Waals surface area (Å²) in [6, 6.07) is 13.3. The van der Waals surface area contributed by atoms with Crippen LogP contribution in [0.5, 0.6) is 0 Å². The zero-order valence-corrected chi connectivity index (χ0v) is 10.1. The molecule has 3 rings (SSSR count). The lowest BCUT2D eigenvalue weighted by molar-refractivity contribution is 0.628. The van der Waals surface area contributed by atoms with Crippen LogP contribution in [0.3, 0.4) is 0 Å². The van der Waals surface area contributed by atoms with E-state index in [-0.39, 0.29) is 5.82 Å². The predicted molar refractivity (Wildman–Crippen MR) is 76.0 cm³/mol. The highest BCUT2D eigenvalue weighted by Crippen LogP contribution is 2.27. The predicted octanol–water partition coefficient (Wildman–Crippen LogP) is 3.21. The SMILES string of the molecule is Nc1ccc2nc(-c3ccc(F)cc3)cc(N)c2c1. The summed E-state index contributed by atoms with van der Waals surface area (Å²) in [5.74, 6) is -0.273. The van der Waals surface area contributed by atoms with Gasteiger partial charge in [0.25, 0.3) is 0 Å². The molecule has 0 amide bonds. The van der Waals surface area contributed by atoms with E-state index in [4.69, 9.17) is 11.5 Å². The number of halogens is 1. The van der Waals surface area contributed by atoms with E-state index in [1.165, 1.54) is 12.1 Å². The average Bonchev–Trinajstić information content (AvgIpc) is 2.40. The van der Waals surface area contributed by atoms with E-state index in [0.717, 1.165) is 22.2 Å². The van der Waals surface area contributed by atoms with Gasteiger partial charge in [0, 0.05) is 22.3 Å². The van der Waals surface area contributed by atoms with Crippen LogP contribution >= 0.6 is 0 Å². The molecule has 0 saturated heterocycles. The largest absolute Gasteiger partial charge is 0.399 e. The number of benzene rings is 2. The molecule has 0 aliphatic rings. The Kier molecular flexibility index (Phi) is 2.56. The molecule has 0 spiro atoms. The maximum absolute atomic E-state index is 12.9. The van der Waals surface area contributed by atoms with E-state index in [1.807, 2.05) is 6.07 Å². The summed E-state index contributed by atoms with van der Waals surface area (Å²) in [4.78, 5) is 4.52. The van der Waals surface area contributed by atoms with Crippen molar-refractivity contribution in [1.29, 1.82) is 0 Å². The van der Waals surface area contributed by atoms with Crippen LogP contribution in [0.4, 0.5) is 15.8 Å². The highest BCUT2D eigenvalue weighted by Gasteiger charge is 2.06. The highest BCUT2D eigenvalue weighted by atomic mass is 19.1. The normalized spacial score (nSPS) is 10.8. The number of nitrogens with zero attached hydrogens (tertiary/aromatic N) is 1. The molecule has 19 heavy (non-hydrogen) atoms. The lowest BCUT2D eigenvalue weighted by Gasteiger charge is -2.07. The van der Waals surface area contributed by atoms with Gasteiger partial charge in [-0.05, 0) is 48.5 Å². The van der Waals surface area contributed by atoms with E-state index in [9.17, 15) is 4.39 Å². The number of pyridine rings is 1. The first-order valence-electron chi connectivity index (χ1n) is 5.85. The fourth-order valence-electron chi connectivity index (χ4n) is 2.04. The molecule has 1 heterocycles. The zero-order valence-electron chi connectivity index (χ0n) is 10.1. The molecule has 0 aliphatic heterocycles. The summed E-state index contributed by atoms with van der Waals surface area (Å²) in [5, 5.41) is 0.825. The number of nitrogens with two attached hydrogens (primary N) is 2. The van der Waals surface area contributed by atoms with Gasteiger partial charge in [0.1, 0.15) is 5.82 Å². The molecule has 3 nitrogen and oxygen atoms in total. The average molecular weight is 253 g/mol. The molecule has 3 aromatic rings. The van der Waals surface area contributed by atoms with Crippen LogP contribution in [0.25, 0.3) is 22.2 Å². The third-order valence-electron chi connectivity index (χ3n) is 3.00. The minimum atomic E-state index is -0.273. The number of nitrogen functional groups attached to an aromatic ring is 2. The van der Waals surface area contributed by atoms with Crippen molar-refractivity contribution in [2.45, 2.75) is 0 Å². The minimum Gasteiger partial charge on any atom is -0.399 e. The molecule has 94 valence electrons. The fourth-order valence-corrected chi connectivity index (χ4v) is 2.04. The van der Waals surface area contributed by atoms with E-state index < -0.39 is 0 Å². The van der Waals surface area contributed by atoms with E-state index >= 15 is 0 Å². The lowest BCUT2D eigenvalue weighted by atomic mass is 10.1. The van der Waals surface area contributed by atoms with Gasteiger partial charge in [0.2, 0.25) is 0 Å². The summed E-state index contributed by atoms with van der Waals surface area (Å²) in [7, 11) is 0. The molecule has 4 N–H and O–H groups in total. The van der Waals surface area contributed by atoms with Gasteiger partial charge < -0.3 is 11.5 Å². The van der Waals surface area contributed by atoms with Crippen molar-refractivity contribution in [2.75, 3.05) is 11.5 Å². The quantitative estimate of drug-likeness (QED) is 0.654. The molecule has 0 fully saturated rings. The Bertz CT molecular complexity index is 751. The summed E-state index contributed by atoms with van der Waals surface area (Å²) >= 11 is 0. The summed E-state index contributed by atoms with van der Waals surface area (Å²) in [5.41, 5.74) is 15.3. The van der Waals surface area contributed by atoms with Crippen molar-refractivity contribution in [3.63, 3.8) is 0 Å². The number of aromatic nitrogens is 1. The number of hydrogen-bond donors (Lipinski definition) is 2. The molecular formula is C15H12FN3. The van der Waals surface area contributed by atoms with Crippen molar-refractivity contribution < 1.29 is 4.39 Å². The van der Waals surface area contributed by atoms with E-state index in [1.54, 1.807) is 30.3 Å². The second kappa shape index (κ2) is 4.24. The standard InChI is InChI=1S/C15H12FN3/c16-10-3-1-9(2-4-10)15-8-13(18)12-7-11(17)5-6-14(12)19-15/h1-8H,17H2,(H2,18,19). The molecule has 0 saturated carbocycles. The Morgan fingerprint density at radius 1 is 0.895 bits per heavy atom. The number of fused-ring (bicyclic) bond motifs is 1. The number of hydrogen-bond acceptors (Lipinski definition) is 3. The summed E-state index contributed by atoms with van der Waals surface area (Å²) < 4.78 is 12.9. The summed E-state index contributed by atoms with van der Waals surface area (Å²) in [6.07, 6.45) is 0. The number of anilines is 2. The summed E-state index contributed by atoms with van der Waals surface area (Å²) in [6.45, 7) is 0. The van der Waals surface area contributed by atoms with Gasteiger partial charge in [-0.15, -0.1) is 0 Å². The monoisotopic (exact) mass is 253 g/mol. The van der Waals surface area contributed by atoms with Crippen molar-refractivity contribution in [3.8, 4) is 11.3 Å². The van der Waals surface area contributed by atoms with E-state index in [2.05, 4.69) is 4.98 Å². The topological polar surface area (TPSA) is 64.9 Å². The third kappa shape index (κ3) is 2.08. The molecule has 0 unspecified atom stereocenters. The van der Waals surface area contributed by atoms with Crippen molar-refractivity contribution >= 4 is 22.3 Å². The molecule has 0 bridgehead atoms. The Morgan fingerprint density at radius 3 is 2.37 bits per heavy atom. The van der Waals surface area contributed by atoms with Gasteiger partial charge in [-0.2, -0.15) is 0 Å². The maximum Gasteiger partial charge on any atom is 0.123 e. The Hall–Kier alpha value is -2.62. The lowest BCUT2D eigenvalue weighted by Crippen LogP contribution is -1.94. The first-order valence-corrected chi connectivity index (χ1v) is 5.85. The second-order valence-corrected chi connectivity index (χ2v) is 4.38. The minimum absolute atomic E-state index is 0.273. The van der Waals surface area contributed by atoms with Gasteiger partial charge in [0.15, 0.2) is 0 Å². The molecule has 4 heteroatoms. The fraction of sp³-hybridized carbons (Fsp3) is 0. The van der Waals surface area contributed by atoms with Crippen molar-refractivity contribution in [3.05, 3.63) is 54.3 Å². The molecule has 0 radical (unpaired) electrons. The molecule has 1 aromatic heterocycles. The van der Waals surface area contributed by atoms with Crippen LogP contribution < -0.4 is 11.5 Å².